The molecule has 0 bridgehead atoms. The van der Waals surface area contributed by atoms with Crippen LogP contribution in [-0.2, 0) is 6.54 Å². The third kappa shape index (κ3) is 5.47. The minimum Gasteiger partial charge on any atom is -0.495 e. The molecule has 7 heteroatoms. The van der Waals surface area contributed by atoms with Crippen LogP contribution in [0.2, 0.25) is 0 Å². The molecule has 1 aliphatic rings. The van der Waals surface area contributed by atoms with Crippen LogP contribution in [0, 0.1) is 5.82 Å². The molecule has 0 amide bonds. The zero-order valence-corrected chi connectivity index (χ0v) is 17.9. The standard InChI is InChI=1S/C20H25FN4O.HI/c1-22-20(23-13-15-7-3-4-8-17(15)21)24-16-11-12-25(14-16)18-9-5-6-10-19(18)26-2;/h3-10,16H,11-14H2,1-2H3,(H2,22,23,24);1H. The van der Waals surface area contributed by atoms with E-state index in [4.69, 9.17) is 4.74 Å². The number of aliphatic imine (C=N–C) groups is 1. The van der Waals surface area contributed by atoms with Gasteiger partial charge in [-0.1, -0.05) is 30.3 Å². The Morgan fingerprint density at radius 2 is 1.96 bits per heavy atom. The van der Waals surface area contributed by atoms with E-state index in [0.717, 1.165) is 30.9 Å². The Balaban J connectivity index is 0.00000261. The quantitative estimate of drug-likeness (QED) is 0.388. The lowest BCUT2D eigenvalue weighted by molar-refractivity contribution is 0.415. The average Bonchev–Trinajstić information content (AvgIpc) is 3.14. The molecule has 0 radical (unpaired) electrons. The molecule has 27 heavy (non-hydrogen) atoms. The molecule has 1 atom stereocenters. The number of para-hydroxylation sites is 2. The van der Waals surface area contributed by atoms with Crippen LogP contribution in [0.5, 0.6) is 5.75 Å². The summed E-state index contributed by atoms with van der Waals surface area (Å²) in [6.45, 7) is 2.21. The highest BCUT2D eigenvalue weighted by Gasteiger charge is 2.25. The molecule has 0 saturated carbocycles. The molecule has 5 nitrogen and oxygen atoms in total. The van der Waals surface area contributed by atoms with Crippen molar-refractivity contribution >= 4 is 35.6 Å². The first-order valence-corrected chi connectivity index (χ1v) is 8.80. The van der Waals surface area contributed by atoms with Gasteiger partial charge in [0.05, 0.1) is 12.8 Å². The highest BCUT2D eigenvalue weighted by atomic mass is 127. The Morgan fingerprint density at radius 1 is 1.22 bits per heavy atom. The van der Waals surface area contributed by atoms with Crippen LogP contribution < -0.4 is 20.3 Å². The second kappa shape index (κ2) is 10.3. The number of rotatable bonds is 5. The second-order valence-electron chi connectivity index (χ2n) is 6.26. The summed E-state index contributed by atoms with van der Waals surface area (Å²) >= 11 is 0. The van der Waals surface area contributed by atoms with E-state index in [2.05, 4.69) is 26.6 Å². The second-order valence-corrected chi connectivity index (χ2v) is 6.26. The van der Waals surface area contributed by atoms with E-state index in [0.29, 0.717) is 18.1 Å². The van der Waals surface area contributed by atoms with E-state index in [1.54, 1.807) is 26.3 Å². The summed E-state index contributed by atoms with van der Waals surface area (Å²) in [5.74, 6) is 1.36. The summed E-state index contributed by atoms with van der Waals surface area (Å²) in [5.41, 5.74) is 1.73. The Morgan fingerprint density at radius 3 is 2.70 bits per heavy atom. The van der Waals surface area contributed by atoms with Crippen molar-refractivity contribution in [3.63, 3.8) is 0 Å². The van der Waals surface area contributed by atoms with Gasteiger partial charge in [0.2, 0.25) is 0 Å². The smallest absolute Gasteiger partial charge is 0.191 e. The molecular formula is C20H26FIN4O. The molecule has 146 valence electrons. The molecule has 1 fully saturated rings. The van der Waals surface area contributed by atoms with E-state index < -0.39 is 0 Å². The van der Waals surface area contributed by atoms with Crippen molar-refractivity contribution < 1.29 is 9.13 Å². The van der Waals surface area contributed by atoms with E-state index in [9.17, 15) is 4.39 Å². The van der Waals surface area contributed by atoms with Gasteiger partial charge in [-0.3, -0.25) is 4.99 Å². The predicted molar refractivity (Wildman–Crippen MR) is 119 cm³/mol. The summed E-state index contributed by atoms with van der Waals surface area (Å²) in [5, 5.41) is 6.61. The first kappa shape index (κ1) is 21.3. The summed E-state index contributed by atoms with van der Waals surface area (Å²) in [6.07, 6.45) is 0.998. The fourth-order valence-electron chi connectivity index (χ4n) is 3.20. The van der Waals surface area contributed by atoms with Crippen LogP contribution >= 0.6 is 24.0 Å². The van der Waals surface area contributed by atoms with Crippen LogP contribution in [0.25, 0.3) is 0 Å². The maximum Gasteiger partial charge on any atom is 0.191 e. The highest BCUT2D eigenvalue weighted by Crippen LogP contribution is 2.30. The van der Waals surface area contributed by atoms with Crippen LogP contribution in [0.15, 0.2) is 53.5 Å². The maximum absolute atomic E-state index is 13.7. The number of methoxy groups -OCH3 is 1. The average molecular weight is 484 g/mol. The first-order chi connectivity index (χ1) is 12.7. The van der Waals surface area contributed by atoms with Gasteiger partial charge < -0.3 is 20.3 Å². The lowest BCUT2D eigenvalue weighted by Gasteiger charge is -2.22. The minimum atomic E-state index is -0.210. The van der Waals surface area contributed by atoms with Crippen molar-refractivity contribution in [3.05, 3.63) is 59.9 Å². The molecule has 0 aromatic heterocycles. The predicted octanol–water partition coefficient (Wildman–Crippen LogP) is 3.40. The number of nitrogens with one attached hydrogen (secondary N) is 2. The number of hydrogen-bond donors (Lipinski definition) is 2. The zero-order valence-electron chi connectivity index (χ0n) is 15.6. The van der Waals surface area contributed by atoms with E-state index in [-0.39, 0.29) is 35.8 Å². The summed E-state index contributed by atoms with van der Waals surface area (Å²) in [4.78, 5) is 6.56. The number of guanidine groups is 1. The van der Waals surface area contributed by atoms with Crippen LogP contribution in [0.1, 0.15) is 12.0 Å². The molecule has 0 aliphatic carbocycles. The number of hydrogen-bond acceptors (Lipinski definition) is 3. The van der Waals surface area contributed by atoms with Crippen molar-refractivity contribution in [2.45, 2.75) is 19.0 Å². The van der Waals surface area contributed by atoms with Crippen molar-refractivity contribution in [1.29, 1.82) is 0 Å². The van der Waals surface area contributed by atoms with Crippen molar-refractivity contribution in [1.82, 2.24) is 10.6 Å². The third-order valence-electron chi connectivity index (χ3n) is 4.58. The molecule has 1 saturated heterocycles. The SMILES string of the molecule is CN=C(NCc1ccccc1F)NC1CCN(c2ccccc2OC)C1.I. The highest BCUT2D eigenvalue weighted by molar-refractivity contribution is 14.0. The van der Waals surface area contributed by atoms with Gasteiger partial charge in [-0.15, -0.1) is 24.0 Å². The lowest BCUT2D eigenvalue weighted by Crippen LogP contribution is -2.44. The summed E-state index contributed by atoms with van der Waals surface area (Å²) in [6, 6.07) is 15.1. The van der Waals surface area contributed by atoms with Gasteiger partial charge in [0.15, 0.2) is 5.96 Å². The molecule has 1 aliphatic heterocycles. The topological polar surface area (TPSA) is 48.9 Å². The fraction of sp³-hybridized carbons (Fsp3) is 0.350. The minimum absolute atomic E-state index is 0. The lowest BCUT2D eigenvalue weighted by atomic mass is 10.2. The summed E-state index contributed by atoms with van der Waals surface area (Å²) < 4.78 is 19.2. The van der Waals surface area contributed by atoms with Gasteiger partial charge in [-0.25, -0.2) is 4.39 Å². The van der Waals surface area contributed by atoms with Crippen molar-refractivity contribution in [3.8, 4) is 5.75 Å². The van der Waals surface area contributed by atoms with Gasteiger partial charge in [0.1, 0.15) is 11.6 Å². The number of anilines is 1. The summed E-state index contributed by atoms with van der Waals surface area (Å²) in [7, 11) is 3.42. The van der Waals surface area contributed by atoms with Gasteiger partial charge in [0, 0.05) is 38.3 Å². The van der Waals surface area contributed by atoms with Gasteiger partial charge in [-0.2, -0.15) is 0 Å². The molecule has 2 aromatic rings. The Bertz CT molecular complexity index is 771. The largest absolute Gasteiger partial charge is 0.495 e. The van der Waals surface area contributed by atoms with E-state index in [1.165, 1.54) is 6.07 Å². The number of nitrogens with zero attached hydrogens (tertiary/aromatic N) is 2. The Labute approximate surface area is 177 Å². The number of halogens is 2. The fourth-order valence-corrected chi connectivity index (χ4v) is 3.20. The molecule has 3 rings (SSSR count). The van der Waals surface area contributed by atoms with Gasteiger partial charge >= 0.3 is 0 Å². The van der Waals surface area contributed by atoms with Crippen molar-refractivity contribution in [2.75, 3.05) is 32.1 Å². The molecular weight excluding hydrogens is 458 g/mol. The molecule has 1 heterocycles. The van der Waals surface area contributed by atoms with Crippen LogP contribution in [0.3, 0.4) is 0 Å². The Kier molecular flexibility index (Phi) is 8.15. The Hall–Kier alpha value is -2.03. The zero-order chi connectivity index (χ0) is 18.4. The molecule has 1 unspecified atom stereocenters. The van der Waals surface area contributed by atoms with Crippen LogP contribution in [0.4, 0.5) is 10.1 Å². The van der Waals surface area contributed by atoms with E-state index in [1.807, 2.05) is 24.3 Å². The van der Waals surface area contributed by atoms with Crippen molar-refractivity contribution in [2.24, 2.45) is 4.99 Å². The molecule has 2 N–H and O–H groups in total. The van der Waals surface area contributed by atoms with E-state index >= 15 is 0 Å². The first-order valence-electron chi connectivity index (χ1n) is 8.80. The molecule has 2 aromatic carbocycles. The monoisotopic (exact) mass is 484 g/mol. The maximum atomic E-state index is 13.7. The molecule has 0 spiro atoms. The van der Waals surface area contributed by atoms with Gasteiger partial charge in [-0.05, 0) is 24.6 Å². The number of ether oxygens (including phenoxy) is 1. The van der Waals surface area contributed by atoms with Crippen LogP contribution in [-0.4, -0.2) is 39.2 Å². The van der Waals surface area contributed by atoms with Gasteiger partial charge in [0.25, 0.3) is 0 Å². The number of benzene rings is 2. The normalized spacial score (nSPS) is 16.6. The third-order valence-corrected chi connectivity index (χ3v) is 4.58.